The lowest BCUT2D eigenvalue weighted by Gasteiger charge is -2.29. The summed E-state index contributed by atoms with van der Waals surface area (Å²) in [4.78, 5) is 35.0. The fraction of sp³-hybridized carbons (Fsp3) is 0.556. The molecule has 1 aliphatic heterocycles. The van der Waals surface area contributed by atoms with Gasteiger partial charge in [0, 0.05) is 26.2 Å². The molecule has 0 aromatic carbocycles. The first-order chi connectivity index (χ1) is 11.8. The van der Waals surface area contributed by atoms with Crippen LogP contribution < -0.4 is 0 Å². The van der Waals surface area contributed by atoms with Crippen LogP contribution >= 0.6 is 0 Å². The van der Waals surface area contributed by atoms with Gasteiger partial charge in [-0.05, 0) is 45.7 Å². The molecule has 3 heterocycles. The highest BCUT2D eigenvalue weighted by Crippen LogP contribution is 2.24. The van der Waals surface area contributed by atoms with Crippen LogP contribution in [0.25, 0.3) is 11.2 Å². The minimum absolute atomic E-state index is 0.0349. The van der Waals surface area contributed by atoms with Crippen molar-refractivity contribution in [2.45, 2.75) is 58.7 Å². The number of carbonyl (C=O) groups is 2. The second-order valence-electron chi connectivity index (χ2n) is 7.42. The predicted molar refractivity (Wildman–Crippen MR) is 93.5 cm³/mol. The molecule has 1 atom stereocenters. The van der Waals surface area contributed by atoms with Gasteiger partial charge in [0.25, 0.3) is 0 Å². The van der Waals surface area contributed by atoms with E-state index in [-0.39, 0.29) is 17.9 Å². The molecule has 0 N–H and O–H groups in total. The van der Waals surface area contributed by atoms with Crippen molar-refractivity contribution >= 4 is 23.0 Å². The van der Waals surface area contributed by atoms with Crippen LogP contribution in [0.1, 0.15) is 51.2 Å². The number of fused-ring (bicyclic) bond motifs is 1. The highest BCUT2D eigenvalue weighted by molar-refractivity contribution is 5.94. The molecule has 0 saturated carbocycles. The van der Waals surface area contributed by atoms with Gasteiger partial charge >= 0.3 is 6.09 Å². The van der Waals surface area contributed by atoms with Gasteiger partial charge in [0.05, 0.1) is 6.04 Å². The number of nitrogens with zero attached hydrogens (tertiary/aromatic N) is 4. The van der Waals surface area contributed by atoms with Crippen molar-refractivity contribution in [1.29, 1.82) is 0 Å². The van der Waals surface area contributed by atoms with Gasteiger partial charge in [0.1, 0.15) is 11.1 Å². The zero-order chi connectivity index (χ0) is 18.2. The number of imidazole rings is 1. The molecule has 0 bridgehead atoms. The molecule has 1 saturated heterocycles. The summed E-state index contributed by atoms with van der Waals surface area (Å²) in [6, 6.07) is 3.60. The Hall–Kier alpha value is -2.44. The standard InChI is InChI=1S/C18H24N4O3/c1-12(23)15-20-14-8-5-9-19-16(14)22(15)11-13-7-6-10-21(13)17(24)25-18(2,3)4/h5,8-9,13H,6-7,10-11H2,1-4H3/t13-/m1/s1. The van der Waals surface area contributed by atoms with E-state index < -0.39 is 5.60 Å². The van der Waals surface area contributed by atoms with E-state index in [1.807, 2.05) is 31.4 Å². The molecule has 25 heavy (non-hydrogen) atoms. The Morgan fingerprint density at radius 1 is 1.36 bits per heavy atom. The molecule has 2 aromatic heterocycles. The molecule has 1 amide bonds. The van der Waals surface area contributed by atoms with Crippen molar-refractivity contribution in [3.8, 4) is 0 Å². The van der Waals surface area contributed by atoms with E-state index in [0.29, 0.717) is 30.1 Å². The lowest BCUT2D eigenvalue weighted by Crippen LogP contribution is -2.41. The number of aromatic nitrogens is 3. The first-order valence-electron chi connectivity index (χ1n) is 8.58. The average Bonchev–Trinajstić information content (AvgIpc) is 3.11. The van der Waals surface area contributed by atoms with Crippen molar-refractivity contribution in [3.63, 3.8) is 0 Å². The van der Waals surface area contributed by atoms with Crippen molar-refractivity contribution in [1.82, 2.24) is 19.4 Å². The van der Waals surface area contributed by atoms with Crippen LogP contribution in [-0.4, -0.2) is 49.5 Å². The zero-order valence-corrected chi connectivity index (χ0v) is 15.2. The summed E-state index contributed by atoms with van der Waals surface area (Å²) in [5.74, 6) is 0.268. The minimum atomic E-state index is -0.530. The molecule has 0 unspecified atom stereocenters. The van der Waals surface area contributed by atoms with Crippen molar-refractivity contribution < 1.29 is 14.3 Å². The van der Waals surface area contributed by atoms with Gasteiger partial charge in [-0.25, -0.2) is 14.8 Å². The number of rotatable bonds is 3. The monoisotopic (exact) mass is 344 g/mol. The Balaban J connectivity index is 1.88. The molecule has 2 aromatic rings. The van der Waals surface area contributed by atoms with Gasteiger partial charge in [-0.15, -0.1) is 0 Å². The van der Waals surface area contributed by atoms with Gasteiger partial charge in [-0.2, -0.15) is 0 Å². The minimum Gasteiger partial charge on any atom is -0.444 e. The van der Waals surface area contributed by atoms with Crippen LogP contribution in [0.15, 0.2) is 18.3 Å². The molecule has 1 fully saturated rings. The van der Waals surface area contributed by atoms with E-state index in [0.717, 1.165) is 12.8 Å². The summed E-state index contributed by atoms with van der Waals surface area (Å²) in [6.45, 7) is 8.22. The highest BCUT2D eigenvalue weighted by Gasteiger charge is 2.33. The van der Waals surface area contributed by atoms with Crippen LogP contribution in [0.4, 0.5) is 4.79 Å². The Bertz CT molecular complexity index is 806. The van der Waals surface area contributed by atoms with E-state index in [1.54, 1.807) is 17.2 Å². The summed E-state index contributed by atoms with van der Waals surface area (Å²) in [7, 11) is 0. The van der Waals surface area contributed by atoms with Crippen LogP contribution in [0.3, 0.4) is 0 Å². The average molecular weight is 344 g/mol. The quantitative estimate of drug-likeness (QED) is 0.800. The number of Topliss-reactive ketones (excluding diaryl/α,β-unsaturated/α-hetero) is 1. The molecule has 7 nitrogen and oxygen atoms in total. The molecule has 3 rings (SSSR count). The largest absolute Gasteiger partial charge is 0.444 e. The molecule has 0 aliphatic carbocycles. The number of ketones is 1. The Labute approximate surface area is 147 Å². The first-order valence-corrected chi connectivity index (χ1v) is 8.58. The van der Waals surface area contributed by atoms with Gasteiger partial charge < -0.3 is 14.2 Å². The number of hydrogen-bond acceptors (Lipinski definition) is 5. The van der Waals surface area contributed by atoms with E-state index in [2.05, 4.69) is 9.97 Å². The molecule has 0 spiro atoms. The molecule has 1 aliphatic rings. The molecular weight excluding hydrogens is 320 g/mol. The number of likely N-dealkylation sites (tertiary alicyclic amines) is 1. The molecule has 134 valence electrons. The van der Waals surface area contributed by atoms with E-state index in [9.17, 15) is 9.59 Å². The fourth-order valence-electron chi connectivity index (χ4n) is 3.20. The number of amides is 1. The van der Waals surface area contributed by atoms with E-state index >= 15 is 0 Å². The zero-order valence-electron chi connectivity index (χ0n) is 15.2. The SMILES string of the molecule is CC(=O)c1nc2cccnc2n1C[C@H]1CCCN1C(=O)OC(C)(C)C. The maximum atomic E-state index is 12.5. The van der Waals surface area contributed by atoms with Crippen molar-refractivity contribution in [3.05, 3.63) is 24.2 Å². The maximum Gasteiger partial charge on any atom is 0.410 e. The number of hydrogen-bond donors (Lipinski definition) is 0. The summed E-state index contributed by atoms with van der Waals surface area (Å²) >= 11 is 0. The molecule has 0 radical (unpaired) electrons. The van der Waals surface area contributed by atoms with E-state index in [1.165, 1.54) is 6.92 Å². The van der Waals surface area contributed by atoms with Crippen LogP contribution in [0.5, 0.6) is 0 Å². The summed E-state index contributed by atoms with van der Waals surface area (Å²) in [5, 5.41) is 0. The fourth-order valence-corrected chi connectivity index (χ4v) is 3.20. The lowest BCUT2D eigenvalue weighted by atomic mass is 10.2. The Morgan fingerprint density at radius 2 is 2.12 bits per heavy atom. The summed E-state index contributed by atoms with van der Waals surface area (Å²) in [6.07, 6.45) is 3.16. The Morgan fingerprint density at radius 3 is 2.80 bits per heavy atom. The van der Waals surface area contributed by atoms with Gasteiger partial charge in [-0.1, -0.05) is 0 Å². The maximum absolute atomic E-state index is 12.5. The normalized spacial score (nSPS) is 17.9. The second kappa shape index (κ2) is 6.46. The lowest BCUT2D eigenvalue weighted by molar-refractivity contribution is 0.0214. The Kier molecular flexibility index (Phi) is 4.49. The van der Waals surface area contributed by atoms with Gasteiger partial charge in [0.2, 0.25) is 0 Å². The van der Waals surface area contributed by atoms with E-state index in [4.69, 9.17) is 4.74 Å². The van der Waals surface area contributed by atoms with Crippen LogP contribution in [-0.2, 0) is 11.3 Å². The third-order valence-corrected chi connectivity index (χ3v) is 4.22. The smallest absolute Gasteiger partial charge is 0.410 e. The first kappa shape index (κ1) is 17.4. The van der Waals surface area contributed by atoms with Crippen LogP contribution in [0, 0.1) is 0 Å². The molecule has 7 heteroatoms. The predicted octanol–water partition coefficient (Wildman–Crippen LogP) is 3.03. The third-order valence-electron chi connectivity index (χ3n) is 4.22. The number of ether oxygens (including phenoxy) is 1. The van der Waals surface area contributed by atoms with Crippen LogP contribution in [0.2, 0.25) is 0 Å². The topological polar surface area (TPSA) is 77.3 Å². The van der Waals surface area contributed by atoms with Crippen molar-refractivity contribution in [2.24, 2.45) is 0 Å². The molecular formula is C18H24N4O3. The van der Waals surface area contributed by atoms with Gasteiger partial charge in [-0.3, -0.25) is 4.79 Å². The third kappa shape index (κ3) is 3.65. The summed E-state index contributed by atoms with van der Waals surface area (Å²) in [5.41, 5.74) is 0.830. The van der Waals surface area contributed by atoms with Crippen molar-refractivity contribution in [2.75, 3.05) is 6.54 Å². The summed E-state index contributed by atoms with van der Waals surface area (Å²) < 4.78 is 7.34. The number of pyridine rings is 1. The highest BCUT2D eigenvalue weighted by atomic mass is 16.6. The second-order valence-corrected chi connectivity index (χ2v) is 7.42. The van der Waals surface area contributed by atoms with Gasteiger partial charge in [0.15, 0.2) is 17.3 Å². The number of carbonyl (C=O) groups excluding carboxylic acids is 2.